The van der Waals surface area contributed by atoms with Gasteiger partial charge in [0.2, 0.25) is 0 Å². The quantitative estimate of drug-likeness (QED) is 0.607. The number of carbonyl (C=O) groups excluding carboxylic acids is 1. The van der Waals surface area contributed by atoms with E-state index in [2.05, 4.69) is 20.8 Å². The second kappa shape index (κ2) is 3.37. The van der Waals surface area contributed by atoms with E-state index in [0.717, 1.165) is 11.1 Å². The van der Waals surface area contributed by atoms with Crippen LogP contribution in [0.3, 0.4) is 0 Å². The van der Waals surface area contributed by atoms with Gasteiger partial charge in [0.15, 0.2) is 0 Å². The van der Waals surface area contributed by atoms with E-state index in [0.29, 0.717) is 6.61 Å². The number of fused-ring (bicyclic) bond motifs is 1. The molecule has 15 heavy (non-hydrogen) atoms. The Morgan fingerprint density at radius 3 is 2.60 bits per heavy atom. The molecule has 0 N–H and O–H groups in total. The van der Waals surface area contributed by atoms with E-state index in [1.165, 1.54) is 0 Å². The Hall–Kier alpha value is -1.31. The molecule has 1 heterocycles. The maximum absolute atomic E-state index is 11.8. The normalized spacial score (nSPS) is 20.7. The Morgan fingerprint density at radius 1 is 1.27 bits per heavy atom. The van der Waals surface area contributed by atoms with Gasteiger partial charge in [0, 0.05) is 0 Å². The van der Waals surface area contributed by atoms with Crippen LogP contribution < -0.4 is 0 Å². The fraction of sp³-hybridized carbons (Fsp3) is 0.462. The molecule has 1 aromatic carbocycles. The van der Waals surface area contributed by atoms with Gasteiger partial charge in [-0.25, -0.2) is 0 Å². The van der Waals surface area contributed by atoms with Crippen molar-refractivity contribution in [3.8, 4) is 0 Å². The fourth-order valence-corrected chi connectivity index (χ4v) is 2.13. The van der Waals surface area contributed by atoms with Crippen molar-refractivity contribution in [1.29, 1.82) is 0 Å². The lowest BCUT2D eigenvalue weighted by atomic mass is 9.74. The van der Waals surface area contributed by atoms with E-state index in [-0.39, 0.29) is 17.3 Å². The first kappa shape index (κ1) is 10.2. The van der Waals surface area contributed by atoms with Crippen molar-refractivity contribution in [2.24, 2.45) is 5.41 Å². The molecule has 0 amide bonds. The smallest absolute Gasteiger partial charge is 0.314 e. The first-order chi connectivity index (χ1) is 7.00. The monoisotopic (exact) mass is 204 g/mol. The van der Waals surface area contributed by atoms with Crippen LogP contribution in [0.2, 0.25) is 0 Å². The number of esters is 1. The van der Waals surface area contributed by atoms with Crippen molar-refractivity contribution in [2.45, 2.75) is 33.3 Å². The zero-order valence-corrected chi connectivity index (χ0v) is 9.41. The molecule has 2 nitrogen and oxygen atoms in total. The summed E-state index contributed by atoms with van der Waals surface area (Å²) in [5, 5.41) is 0. The second-order valence-corrected chi connectivity index (χ2v) is 5.11. The summed E-state index contributed by atoms with van der Waals surface area (Å²) >= 11 is 0. The Balaban J connectivity index is 2.51. The van der Waals surface area contributed by atoms with Crippen LogP contribution in [-0.2, 0) is 16.1 Å². The minimum atomic E-state index is -0.137. The maximum atomic E-state index is 11.8. The molecule has 1 atom stereocenters. The average Bonchev–Trinajstić information content (AvgIpc) is 2.15. The molecule has 0 saturated heterocycles. The minimum Gasteiger partial charge on any atom is -0.460 e. The summed E-state index contributed by atoms with van der Waals surface area (Å²) in [6.45, 7) is 6.63. The van der Waals surface area contributed by atoms with Crippen LogP contribution in [0.5, 0.6) is 0 Å². The fourth-order valence-electron chi connectivity index (χ4n) is 2.13. The van der Waals surface area contributed by atoms with Gasteiger partial charge in [0.1, 0.15) is 6.61 Å². The van der Waals surface area contributed by atoms with Gasteiger partial charge >= 0.3 is 5.97 Å². The van der Waals surface area contributed by atoms with Gasteiger partial charge in [-0.1, -0.05) is 45.0 Å². The van der Waals surface area contributed by atoms with Crippen LogP contribution in [0.25, 0.3) is 0 Å². The molecule has 0 spiro atoms. The van der Waals surface area contributed by atoms with Gasteiger partial charge in [0.05, 0.1) is 5.92 Å². The Morgan fingerprint density at radius 2 is 1.93 bits per heavy atom. The molecule has 1 aliphatic rings. The number of hydrogen-bond donors (Lipinski definition) is 0. The molecule has 2 heteroatoms. The minimum absolute atomic E-state index is 0.0897. The van der Waals surface area contributed by atoms with Crippen LogP contribution >= 0.6 is 0 Å². The Labute approximate surface area is 90.3 Å². The van der Waals surface area contributed by atoms with E-state index in [9.17, 15) is 4.79 Å². The number of cyclic esters (lactones) is 1. The van der Waals surface area contributed by atoms with Crippen LogP contribution in [-0.4, -0.2) is 5.97 Å². The van der Waals surface area contributed by atoms with Crippen molar-refractivity contribution in [2.75, 3.05) is 0 Å². The molecule has 0 saturated carbocycles. The van der Waals surface area contributed by atoms with E-state index >= 15 is 0 Å². The summed E-state index contributed by atoms with van der Waals surface area (Å²) in [5.74, 6) is -0.233. The standard InChI is InChI=1S/C13H16O2/c1-13(2,3)11-10-7-5-4-6-9(10)8-15-12(11)14/h4-7,11H,8H2,1-3H3. The SMILES string of the molecule is CC(C)(C)C1C(=O)OCc2ccccc21. The number of ether oxygens (including phenoxy) is 1. The van der Waals surface area contributed by atoms with E-state index < -0.39 is 0 Å². The zero-order valence-electron chi connectivity index (χ0n) is 9.41. The van der Waals surface area contributed by atoms with Crippen LogP contribution in [0.15, 0.2) is 24.3 Å². The largest absolute Gasteiger partial charge is 0.460 e. The lowest BCUT2D eigenvalue weighted by molar-refractivity contribution is -0.151. The molecule has 0 fully saturated rings. The lowest BCUT2D eigenvalue weighted by Crippen LogP contribution is -2.32. The zero-order chi connectivity index (χ0) is 11.1. The van der Waals surface area contributed by atoms with E-state index in [1.54, 1.807) is 0 Å². The van der Waals surface area contributed by atoms with Crippen LogP contribution in [0.1, 0.15) is 37.8 Å². The second-order valence-electron chi connectivity index (χ2n) is 5.11. The van der Waals surface area contributed by atoms with Gasteiger partial charge < -0.3 is 4.74 Å². The number of carbonyl (C=O) groups is 1. The molecule has 1 aliphatic heterocycles. The van der Waals surface area contributed by atoms with Gasteiger partial charge in [-0.2, -0.15) is 0 Å². The highest BCUT2D eigenvalue weighted by atomic mass is 16.5. The molecule has 2 rings (SSSR count). The summed E-state index contributed by atoms with van der Waals surface area (Å²) in [5.41, 5.74) is 2.17. The maximum Gasteiger partial charge on any atom is 0.314 e. The summed E-state index contributed by atoms with van der Waals surface area (Å²) < 4.78 is 5.20. The third-order valence-electron chi connectivity index (χ3n) is 2.84. The summed E-state index contributed by atoms with van der Waals surface area (Å²) in [7, 11) is 0. The average molecular weight is 204 g/mol. The highest BCUT2D eigenvalue weighted by Gasteiger charge is 2.38. The number of hydrogen-bond acceptors (Lipinski definition) is 2. The molecule has 0 aliphatic carbocycles. The van der Waals surface area contributed by atoms with Crippen LogP contribution in [0, 0.1) is 5.41 Å². The van der Waals surface area contributed by atoms with Crippen molar-refractivity contribution in [1.82, 2.24) is 0 Å². The first-order valence-corrected chi connectivity index (χ1v) is 5.24. The van der Waals surface area contributed by atoms with Gasteiger partial charge in [-0.3, -0.25) is 4.79 Å². The van der Waals surface area contributed by atoms with Crippen LogP contribution in [0.4, 0.5) is 0 Å². The third-order valence-corrected chi connectivity index (χ3v) is 2.84. The van der Waals surface area contributed by atoms with E-state index in [1.807, 2.05) is 24.3 Å². The summed E-state index contributed by atoms with van der Waals surface area (Å²) in [4.78, 5) is 11.8. The van der Waals surface area contributed by atoms with Gasteiger partial charge in [-0.15, -0.1) is 0 Å². The first-order valence-electron chi connectivity index (χ1n) is 5.24. The van der Waals surface area contributed by atoms with Crippen molar-refractivity contribution < 1.29 is 9.53 Å². The molecule has 0 radical (unpaired) electrons. The van der Waals surface area contributed by atoms with Gasteiger partial charge in [-0.05, 0) is 16.5 Å². The third kappa shape index (κ3) is 1.76. The molecular formula is C13H16O2. The van der Waals surface area contributed by atoms with Crippen molar-refractivity contribution in [3.63, 3.8) is 0 Å². The topological polar surface area (TPSA) is 26.3 Å². The number of rotatable bonds is 0. The summed E-state index contributed by atoms with van der Waals surface area (Å²) in [6, 6.07) is 8.03. The predicted molar refractivity (Wildman–Crippen MR) is 58.4 cm³/mol. The van der Waals surface area contributed by atoms with E-state index in [4.69, 9.17) is 4.74 Å². The van der Waals surface area contributed by atoms with Crippen molar-refractivity contribution in [3.05, 3.63) is 35.4 Å². The number of benzene rings is 1. The van der Waals surface area contributed by atoms with Crippen molar-refractivity contribution >= 4 is 5.97 Å². The predicted octanol–water partition coefficient (Wildman–Crippen LogP) is 2.87. The lowest BCUT2D eigenvalue weighted by Gasteiger charge is -2.33. The Kier molecular flexibility index (Phi) is 2.29. The highest BCUT2D eigenvalue weighted by molar-refractivity contribution is 5.81. The molecule has 80 valence electrons. The molecule has 0 aromatic heterocycles. The molecule has 1 unspecified atom stereocenters. The Bertz CT molecular complexity index is 388. The molecule has 0 bridgehead atoms. The summed E-state index contributed by atoms with van der Waals surface area (Å²) in [6.07, 6.45) is 0. The molecule has 1 aromatic rings. The molecular weight excluding hydrogens is 188 g/mol. The van der Waals surface area contributed by atoms with Gasteiger partial charge in [0.25, 0.3) is 0 Å². The highest BCUT2D eigenvalue weighted by Crippen LogP contribution is 2.40.